The van der Waals surface area contributed by atoms with Gasteiger partial charge in [-0.25, -0.2) is 4.39 Å². The highest BCUT2D eigenvalue weighted by atomic mass is 19.1. The van der Waals surface area contributed by atoms with Crippen LogP contribution in [0.15, 0.2) is 18.2 Å². The lowest BCUT2D eigenvalue weighted by Crippen LogP contribution is -2.41. The average molecular weight is 280 g/mol. The zero-order chi connectivity index (χ0) is 15.0. The second-order valence-corrected chi connectivity index (χ2v) is 6.12. The third-order valence-corrected chi connectivity index (χ3v) is 3.95. The summed E-state index contributed by atoms with van der Waals surface area (Å²) in [6, 6.07) is 4.68. The number of benzene rings is 1. The molecule has 1 saturated heterocycles. The van der Waals surface area contributed by atoms with Gasteiger partial charge in [0.1, 0.15) is 11.6 Å². The molecule has 0 saturated carbocycles. The lowest BCUT2D eigenvalue weighted by molar-refractivity contribution is 0.00578. The fourth-order valence-electron chi connectivity index (χ4n) is 1.98. The van der Waals surface area contributed by atoms with E-state index in [1.165, 1.54) is 6.07 Å². The molecule has 0 unspecified atom stereocenters. The van der Waals surface area contributed by atoms with Gasteiger partial charge >= 0.3 is 7.12 Å². The summed E-state index contributed by atoms with van der Waals surface area (Å²) in [4.78, 5) is 0. The van der Waals surface area contributed by atoms with Crippen molar-refractivity contribution in [1.29, 1.82) is 0 Å². The minimum Gasteiger partial charge on any atom is -0.494 e. The highest BCUT2D eigenvalue weighted by Gasteiger charge is 2.52. The summed E-state index contributed by atoms with van der Waals surface area (Å²) in [5, 5.41) is 0. The fourth-order valence-corrected chi connectivity index (χ4v) is 1.98. The molecular weight excluding hydrogens is 258 g/mol. The Morgan fingerprint density at radius 2 is 1.75 bits per heavy atom. The zero-order valence-electron chi connectivity index (χ0n) is 12.8. The molecule has 1 heterocycles. The van der Waals surface area contributed by atoms with Crippen LogP contribution < -0.4 is 10.2 Å². The fraction of sp³-hybridized carbons (Fsp3) is 0.600. The Kier molecular flexibility index (Phi) is 4.12. The molecule has 110 valence electrons. The van der Waals surface area contributed by atoms with Gasteiger partial charge < -0.3 is 14.0 Å². The Morgan fingerprint density at radius 1 is 1.15 bits per heavy atom. The third kappa shape index (κ3) is 2.84. The highest BCUT2D eigenvalue weighted by molar-refractivity contribution is 6.62. The summed E-state index contributed by atoms with van der Waals surface area (Å²) in [6.45, 7) is 10.4. The molecule has 0 atom stereocenters. The van der Waals surface area contributed by atoms with Gasteiger partial charge in [0, 0.05) is 5.46 Å². The minimum atomic E-state index is -0.704. The van der Waals surface area contributed by atoms with Crippen LogP contribution in [-0.2, 0) is 9.31 Å². The van der Waals surface area contributed by atoms with Crippen molar-refractivity contribution in [2.45, 2.75) is 52.2 Å². The highest BCUT2D eigenvalue weighted by Crippen LogP contribution is 2.36. The van der Waals surface area contributed by atoms with Gasteiger partial charge in [-0.05, 0) is 52.3 Å². The van der Waals surface area contributed by atoms with Crippen molar-refractivity contribution in [2.75, 3.05) is 6.61 Å². The quantitative estimate of drug-likeness (QED) is 0.794. The maximum atomic E-state index is 14.0. The lowest BCUT2D eigenvalue weighted by atomic mass is 9.78. The molecule has 20 heavy (non-hydrogen) atoms. The first-order valence-corrected chi connectivity index (χ1v) is 7.05. The molecule has 0 aliphatic carbocycles. The lowest BCUT2D eigenvalue weighted by Gasteiger charge is -2.32. The van der Waals surface area contributed by atoms with Crippen LogP contribution in [0.2, 0.25) is 0 Å². The number of halogens is 1. The van der Waals surface area contributed by atoms with E-state index in [0.29, 0.717) is 17.8 Å². The maximum Gasteiger partial charge on any atom is 0.497 e. The molecule has 0 amide bonds. The van der Waals surface area contributed by atoms with Gasteiger partial charge in [0.15, 0.2) is 0 Å². The van der Waals surface area contributed by atoms with E-state index in [9.17, 15) is 4.39 Å². The second kappa shape index (κ2) is 5.37. The molecule has 1 aliphatic heterocycles. The molecule has 0 aromatic heterocycles. The number of hydrogen-bond acceptors (Lipinski definition) is 3. The molecule has 1 fully saturated rings. The topological polar surface area (TPSA) is 27.7 Å². The molecule has 2 rings (SSSR count). The predicted octanol–water partition coefficient (Wildman–Crippen LogP) is 2.91. The van der Waals surface area contributed by atoms with Crippen LogP contribution in [0.25, 0.3) is 0 Å². The van der Waals surface area contributed by atoms with E-state index >= 15 is 0 Å². The van der Waals surface area contributed by atoms with Gasteiger partial charge in [-0.15, -0.1) is 0 Å². The van der Waals surface area contributed by atoms with Crippen LogP contribution in [-0.4, -0.2) is 24.9 Å². The normalized spacial score (nSPS) is 20.2. The van der Waals surface area contributed by atoms with Crippen molar-refractivity contribution in [2.24, 2.45) is 0 Å². The zero-order valence-corrected chi connectivity index (χ0v) is 12.8. The second-order valence-electron chi connectivity index (χ2n) is 6.12. The molecule has 0 bridgehead atoms. The van der Waals surface area contributed by atoms with Crippen LogP contribution in [0.3, 0.4) is 0 Å². The van der Waals surface area contributed by atoms with Gasteiger partial charge in [-0.2, -0.15) is 0 Å². The molecule has 3 nitrogen and oxygen atoms in total. The summed E-state index contributed by atoms with van der Waals surface area (Å²) < 4.78 is 31.3. The molecular formula is C15H22BFO3. The number of hydrogen-bond donors (Lipinski definition) is 0. The van der Waals surface area contributed by atoms with Crippen LogP contribution in [0, 0.1) is 5.82 Å². The Hall–Kier alpha value is -1.07. The van der Waals surface area contributed by atoms with E-state index in [-0.39, 0.29) is 5.82 Å². The van der Waals surface area contributed by atoms with Crippen molar-refractivity contribution < 1.29 is 18.4 Å². The summed E-state index contributed by atoms with van der Waals surface area (Å²) >= 11 is 0. The van der Waals surface area contributed by atoms with Gasteiger partial charge in [0.2, 0.25) is 0 Å². The Morgan fingerprint density at radius 3 is 2.30 bits per heavy atom. The van der Waals surface area contributed by atoms with E-state index in [0.717, 1.165) is 6.42 Å². The minimum absolute atomic E-state index is 0.340. The van der Waals surface area contributed by atoms with Gasteiger partial charge in [-0.1, -0.05) is 6.92 Å². The Bertz CT molecular complexity index is 472. The van der Waals surface area contributed by atoms with Crippen molar-refractivity contribution in [3.63, 3.8) is 0 Å². The monoisotopic (exact) mass is 280 g/mol. The molecule has 5 heteroatoms. The van der Waals surface area contributed by atoms with Gasteiger partial charge in [0.25, 0.3) is 0 Å². The number of ether oxygens (including phenoxy) is 1. The smallest absolute Gasteiger partial charge is 0.494 e. The Balaban J connectivity index is 2.25. The summed E-state index contributed by atoms with van der Waals surface area (Å²) in [6.07, 6.45) is 0.906. The molecule has 1 aliphatic rings. The predicted molar refractivity (Wildman–Crippen MR) is 77.9 cm³/mol. The van der Waals surface area contributed by atoms with Gasteiger partial charge in [-0.3, -0.25) is 0 Å². The van der Waals surface area contributed by atoms with E-state index in [4.69, 9.17) is 14.0 Å². The van der Waals surface area contributed by atoms with Crippen molar-refractivity contribution in [3.05, 3.63) is 24.0 Å². The first-order chi connectivity index (χ1) is 9.27. The SMILES string of the molecule is CCCOc1ccc(F)c(B2OC(C)(C)C(C)(C)O2)c1. The molecule has 1 aromatic carbocycles. The standard InChI is InChI=1S/C15H22BFO3/c1-6-9-18-11-7-8-13(17)12(10-11)16-19-14(2,3)15(4,5)20-16/h7-8,10H,6,9H2,1-5H3. The third-order valence-electron chi connectivity index (χ3n) is 3.95. The summed E-state index contributed by atoms with van der Waals surface area (Å²) in [5.74, 6) is 0.297. The van der Waals surface area contributed by atoms with Crippen LogP contribution in [0.1, 0.15) is 41.0 Å². The van der Waals surface area contributed by atoms with Gasteiger partial charge in [0.05, 0.1) is 17.8 Å². The first-order valence-electron chi connectivity index (χ1n) is 7.05. The molecule has 0 radical (unpaired) electrons. The van der Waals surface area contributed by atoms with E-state index < -0.39 is 18.3 Å². The average Bonchev–Trinajstić information content (AvgIpc) is 2.57. The summed E-state index contributed by atoms with van der Waals surface area (Å²) in [5.41, 5.74) is -0.577. The number of rotatable bonds is 4. The van der Waals surface area contributed by atoms with Crippen LogP contribution in [0.4, 0.5) is 4.39 Å². The molecule has 1 aromatic rings. The van der Waals surface area contributed by atoms with Crippen LogP contribution in [0.5, 0.6) is 5.75 Å². The van der Waals surface area contributed by atoms with Crippen molar-refractivity contribution >= 4 is 12.6 Å². The largest absolute Gasteiger partial charge is 0.497 e. The maximum absolute atomic E-state index is 14.0. The summed E-state index contributed by atoms with van der Waals surface area (Å²) in [7, 11) is -0.704. The van der Waals surface area contributed by atoms with E-state index in [1.54, 1.807) is 12.1 Å². The van der Waals surface area contributed by atoms with Crippen LogP contribution >= 0.6 is 0 Å². The van der Waals surface area contributed by atoms with E-state index in [1.807, 2.05) is 34.6 Å². The molecule has 0 N–H and O–H groups in total. The molecule has 0 spiro atoms. The Labute approximate surface area is 120 Å². The van der Waals surface area contributed by atoms with Crippen molar-refractivity contribution in [3.8, 4) is 5.75 Å². The van der Waals surface area contributed by atoms with Crippen molar-refractivity contribution in [1.82, 2.24) is 0 Å². The first kappa shape index (κ1) is 15.3. The van der Waals surface area contributed by atoms with E-state index in [2.05, 4.69) is 0 Å².